The van der Waals surface area contributed by atoms with Crippen LogP contribution in [0.1, 0.15) is 11.1 Å². The van der Waals surface area contributed by atoms with Crippen LogP contribution in [-0.2, 0) is 22.4 Å². The Morgan fingerprint density at radius 2 is 1.85 bits per heavy atom. The molecule has 27 heavy (non-hydrogen) atoms. The number of rotatable bonds is 6. The Balaban J connectivity index is 1.79. The van der Waals surface area contributed by atoms with E-state index in [9.17, 15) is 24.6 Å². The Bertz CT molecular complexity index is 1040. The van der Waals surface area contributed by atoms with Crippen molar-refractivity contribution in [3.05, 3.63) is 76.1 Å². The van der Waals surface area contributed by atoms with E-state index < -0.39 is 23.5 Å². The monoisotopic (exact) mass is 366 g/mol. The highest BCUT2D eigenvalue weighted by Gasteiger charge is 2.16. The van der Waals surface area contributed by atoms with Gasteiger partial charge >= 0.3 is 5.63 Å². The van der Waals surface area contributed by atoms with Gasteiger partial charge in [-0.25, -0.2) is 4.79 Å². The van der Waals surface area contributed by atoms with Crippen LogP contribution in [0, 0.1) is 0 Å². The molecule has 2 N–H and O–H groups in total. The lowest BCUT2D eigenvalue weighted by atomic mass is 10.0. The summed E-state index contributed by atoms with van der Waals surface area (Å²) in [5.41, 5.74) is 0.589. The SMILES string of the molecule is O=C(Cc1cc(=O)oc2cc(O)ccc12)N[C@@H](Cc1ccccc1)C(=O)[O-]. The third-order valence-corrected chi connectivity index (χ3v) is 4.07. The van der Waals surface area contributed by atoms with Crippen LogP contribution in [0.4, 0.5) is 0 Å². The smallest absolute Gasteiger partial charge is 0.336 e. The zero-order valence-corrected chi connectivity index (χ0v) is 14.2. The van der Waals surface area contributed by atoms with Crippen molar-refractivity contribution in [2.75, 3.05) is 0 Å². The minimum absolute atomic E-state index is 0.0767. The number of carboxylic acids is 1. The maximum absolute atomic E-state index is 12.4. The topological polar surface area (TPSA) is 120 Å². The number of carboxylic acid groups (broad SMARTS) is 1. The third-order valence-electron chi connectivity index (χ3n) is 4.07. The maximum Gasteiger partial charge on any atom is 0.336 e. The van der Waals surface area contributed by atoms with E-state index >= 15 is 0 Å². The Morgan fingerprint density at radius 1 is 1.11 bits per heavy atom. The lowest BCUT2D eigenvalue weighted by molar-refractivity contribution is -0.308. The number of phenols is 1. The highest BCUT2D eigenvalue weighted by atomic mass is 16.4. The molecule has 3 rings (SSSR count). The van der Waals surface area contributed by atoms with Crippen LogP contribution >= 0.6 is 0 Å². The van der Waals surface area contributed by atoms with Crippen LogP contribution in [-0.4, -0.2) is 23.0 Å². The first-order valence-electron chi connectivity index (χ1n) is 8.22. The predicted octanol–water partition coefficient (Wildman–Crippen LogP) is 0.518. The second-order valence-electron chi connectivity index (χ2n) is 6.08. The first kappa shape index (κ1) is 18.2. The lowest BCUT2D eigenvalue weighted by Crippen LogP contribution is -2.49. The van der Waals surface area contributed by atoms with Gasteiger partial charge in [-0.05, 0) is 29.7 Å². The molecule has 1 aromatic heterocycles. The van der Waals surface area contributed by atoms with Crippen molar-refractivity contribution < 1.29 is 24.2 Å². The molecule has 0 saturated carbocycles. The molecule has 0 saturated heterocycles. The summed E-state index contributed by atoms with van der Waals surface area (Å²) in [6.07, 6.45) is -0.133. The standard InChI is InChI=1S/C20H17NO6/c22-14-6-7-15-13(10-19(24)27-17(15)11-14)9-18(23)21-16(20(25)26)8-12-4-2-1-3-5-12/h1-7,10-11,16,22H,8-9H2,(H,21,23)(H,25,26)/p-1/t16-/m0/s1. The van der Waals surface area contributed by atoms with Crippen molar-refractivity contribution in [2.24, 2.45) is 0 Å². The molecule has 7 heteroatoms. The highest BCUT2D eigenvalue weighted by Crippen LogP contribution is 2.22. The number of hydrogen-bond acceptors (Lipinski definition) is 6. The maximum atomic E-state index is 12.4. The van der Waals surface area contributed by atoms with Crippen molar-refractivity contribution >= 4 is 22.8 Å². The van der Waals surface area contributed by atoms with E-state index in [1.54, 1.807) is 30.3 Å². The normalized spacial score (nSPS) is 11.9. The summed E-state index contributed by atoms with van der Waals surface area (Å²) in [6, 6.07) is 13.0. The van der Waals surface area contributed by atoms with Crippen molar-refractivity contribution in [2.45, 2.75) is 18.9 Å². The summed E-state index contributed by atoms with van der Waals surface area (Å²) in [5, 5.41) is 23.8. The molecule has 0 fully saturated rings. The molecule has 7 nitrogen and oxygen atoms in total. The van der Waals surface area contributed by atoms with Crippen LogP contribution in [0.15, 0.2) is 63.8 Å². The van der Waals surface area contributed by atoms with Gasteiger partial charge in [-0.1, -0.05) is 30.3 Å². The average Bonchev–Trinajstić information content (AvgIpc) is 2.61. The van der Waals surface area contributed by atoms with Gasteiger partial charge in [-0.3, -0.25) is 4.79 Å². The molecule has 138 valence electrons. The molecule has 0 bridgehead atoms. The minimum atomic E-state index is -1.39. The van der Waals surface area contributed by atoms with Gasteiger partial charge in [0.15, 0.2) is 0 Å². The Kier molecular flexibility index (Phi) is 5.21. The zero-order chi connectivity index (χ0) is 19.4. The van der Waals surface area contributed by atoms with Gasteiger partial charge in [0, 0.05) is 17.5 Å². The van der Waals surface area contributed by atoms with Crippen LogP contribution in [0.2, 0.25) is 0 Å². The fourth-order valence-electron chi connectivity index (χ4n) is 2.83. The quantitative estimate of drug-likeness (QED) is 0.614. The van der Waals surface area contributed by atoms with E-state index in [1.165, 1.54) is 24.3 Å². The molecule has 0 spiro atoms. The van der Waals surface area contributed by atoms with Gasteiger partial charge < -0.3 is 24.7 Å². The van der Waals surface area contributed by atoms with Gasteiger partial charge in [0.25, 0.3) is 0 Å². The van der Waals surface area contributed by atoms with Gasteiger partial charge in [0.2, 0.25) is 5.91 Å². The van der Waals surface area contributed by atoms with E-state index in [-0.39, 0.29) is 24.2 Å². The van der Waals surface area contributed by atoms with Crippen LogP contribution in [0.5, 0.6) is 5.75 Å². The summed E-state index contributed by atoms with van der Waals surface area (Å²) in [6.45, 7) is 0. The molecule has 0 radical (unpaired) electrons. The van der Waals surface area contributed by atoms with Gasteiger partial charge in [-0.2, -0.15) is 0 Å². The van der Waals surface area contributed by atoms with Gasteiger partial charge in [0.1, 0.15) is 11.3 Å². The molecule has 0 aliphatic rings. The van der Waals surface area contributed by atoms with Crippen molar-refractivity contribution in [1.82, 2.24) is 5.32 Å². The van der Waals surface area contributed by atoms with Crippen LogP contribution in [0.3, 0.4) is 0 Å². The number of phenolic OH excluding ortho intramolecular Hbond substituents is 1. The second kappa shape index (κ2) is 7.74. The number of amides is 1. The number of aromatic hydroxyl groups is 1. The number of hydrogen-bond donors (Lipinski definition) is 2. The summed E-state index contributed by atoms with van der Waals surface area (Å²) in [7, 11) is 0. The highest BCUT2D eigenvalue weighted by molar-refractivity contribution is 5.89. The molecule has 1 amide bonds. The Hall–Kier alpha value is -3.61. The van der Waals surface area contributed by atoms with E-state index in [0.29, 0.717) is 10.9 Å². The fraction of sp³-hybridized carbons (Fsp3) is 0.150. The third kappa shape index (κ3) is 4.52. The molecule has 0 aliphatic heterocycles. The zero-order valence-electron chi connectivity index (χ0n) is 14.2. The predicted molar refractivity (Wildman–Crippen MR) is 94.9 cm³/mol. The van der Waals surface area contributed by atoms with E-state index in [1.807, 2.05) is 0 Å². The van der Waals surface area contributed by atoms with Gasteiger partial charge in [-0.15, -0.1) is 0 Å². The molecule has 3 aromatic rings. The lowest BCUT2D eigenvalue weighted by Gasteiger charge is -2.20. The van der Waals surface area contributed by atoms with E-state index in [4.69, 9.17) is 4.42 Å². The first-order chi connectivity index (χ1) is 12.9. The van der Waals surface area contributed by atoms with Crippen molar-refractivity contribution in [3.8, 4) is 5.75 Å². The number of carbonyl (C=O) groups excluding carboxylic acids is 2. The molecule has 0 aliphatic carbocycles. The molecular formula is C20H16NO6-. The summed E-state index contributed by atoms with van der Waals surface area (Å²) >= 11 is 0. The van der Waals surface area contributed by atoms with E-state index in [0.717, 1.165) is 5.56 Å². The fourth-order valence-corrected chi connectivity index (χ4v) is 2.83. The number of nitrogens with one attached hydrogen (secondary N) is 1. The number of carbonyl (C=O) groups is 2. The minimum Gasteiger partial charge on any atom is -0.548 e. The van der Waals surface area contributed by atoms with Crippen molar-refractivity contribution in [1.29, 1.82) is 0 Å². The molecule has 1 atom stereocenters. The molecular weight excluding hydrogens is 350 g/mol. The summed E-state index contributed by atoms with van der Waals surface area (Å²) in [5.74, 6) is -2.04. The summed E-state index contributed by atoms with van der Waals surface area (Å²) in [4.78, 5) is 35.4. The Morgan fingerprint density at radius 3 is 2.56 bits per heavy atom. The van der Waals surface area contributed by atoms with Crippen LogP contribution in [0.25, 0.3) is 11.0 Å². The molecule has 2 aromatic carbocycles. The largest absolute Gasteiger partial charge is 0.548 e. The average molecular weight is 366 g/mol. The summed E-state index contributed by atoms with van der Waals surface area (Å²) < 4.78 is 5.01. The first-order valence-corrected chi connectivity index (χ1v) is 8.22. The number of aliphatic carboxylic acids is 1. The molecule has 1 heterocycles. The van der Waals surface area contributed by atoms with Gasteiger partial charge in [0.05, 0.1) is 18.4 Å². The van der Waals surface area contributed by atoms with Crippen molar-refractivity contribution in [3.63, 3.8) is 0 Å². The Labute approximate surface area is 153 Å². The molecule has 0 unspecified atom stereocenters. The van der Waals surface area contributed by atoms with E-state index in [2.05, 4.69) is 5.32 Å². The number of fused-ring (bicyclic) bond motifs is 1. The number of benzene rings is 2. The van der Waals surface area contributed by atoms with Crippen LogP contribution < -0.4 is 16.0 Å². The second-order valence-corrected chi connectivity index (χ2v) is 6.08.